The third kappa shape index (κ3) is 1.91. The Morgan fingerprint density at radius 3 is 3.08 bits per heavy atom. The Morgan fingerprint density at radius 2 is 2.50 bits per heavy atom. The maximum atomic E-state index is 11.1. The molecule has 0 bridgehead atoms. The van der Waals surface area contributed by atoms with Gasteiger partial charge in [0.15, 0.2) is 0 Å². The van der Waals surface area contributed by atoms with E-state index in [1.165, 1.54) is 12.3 Å². The number of aromatic nitrogens is 2. The van der Waals surface area contributed by atoms with Gasteiger partial charge in [-0.05, 0) is 13.0 Å². The average Bonchev–Trinajstić information content (AvgIpc) is 2.05. The Hall–Kier alpha value is -1.65. The molecular weight excluding hydrogens is 156 g/mol. The first-order valence-corrected chi connectivity index (χ1v) is 3.60. The van der Waals surface area contributed by atoms with Crippen molar-refractivity contribution in [3.63, 3.8) is 0 Å². The van der Waals surface area contributed by atoms with E-state index in [1.54, 1.807) is 0 Å². The lowest BCUT2D eigenvalue weighted by atomic mass is 10.4. The maximum Gasteiger partial charge on any atom is 0.270 e. The Labute approximate surface area is 70.0 Å². The van der Waals surface area contributed by atoms with Crippen LogP contribution in [0.4, 0.5) is 5.95 Å². The van der Waals surface area contributed by atoms with Crippen LogP contribution in [0, 0.1) is 0 Å². The number of carbonyl (C=O) groups excluding carboxylic acids is 1. The van der Waals surface area contributed by atoms with E-state index in [4.69, 9.17) is 5.73 Å². The van der Waals surface area contributed by atoms with Gasteiger partial charge in [0.25, 0.3) is 5.91 Å². The molecule has 0 aliphatic heterocycles. The minimum atomic E-state index is -0.230. The van der Waals surface area contributed by atoms with Crippen LogP contribution in [-0.2, 0) is 0 Å². The van der Waals surface area contributed by atoms with Gasteiger partial charge < -0.3 is 11.1 Å². The van der Waals surface area contributed by atoms with E-state index in [0.29, 0.717) is 12.2 Å². The van der Waals surface area contributed by atoms with E-state index in [-0.39, 0.29) is 11.9 Å². The van der Waals surface area contributed by atoms with Crippen LogP contribution in [-0.4, -0.2) is 22.4 Å². The summed E-state index contributed by atoms with van der Waals surface area (Å²) in [6, 6.07) is 1.52. The monoisotopic (exact) mass is 166 g/mol. The zero-order valence-electron chi connectivity index (χ0n) is 6.74. The molecule has 1 aromatic rings. The summed E-state index contributed by atoms with van der Waals surface area (Å²) in [6.07, 6.45) is 1.45. The van der Waals surface area contributed by atoms with Crippen molar-refractivity contribution in [2.24, 2.45) is 0 Å². The average molecular weight is 166 g/mol. The lowest BCUT2D eigenvalue weighted by Gasteiger charge is -2.00. The van der Waals surface area contributed by atoms with E-state index >= 15 is 0 Å². The second-order valence-corrected chi connectivity index (χ2v) is 2.16. The fourth-order valence-electron chi connectivity index (χ4n) is 0.751. The summed E-state index contributed by atoms with van der Waals surface area (Å²) in [5.41, 5.74) is 5.59. The third-order valence-electron chi connectivity index (χ3n) is 1.24. The minimum absolute atomic E-state index is 0.110. The van der Waals surface area contributed by atoms with E-state index < -0.39 is 0 Å². The van der Waals surface area contributed by atoms with Gasteiger partial charge in [0.1, 0.15) is 5.69 Å². The van der Waals surface area contributed by atoms with Crippen molar-refractivity contribution in [1.29, 1.82) is 0 Å². The van der Waals surface area contributed by atoms with Crippen LogP contribution in [0.25, 0.3) is 0 Å². The van der Waals surface area contributed by atoms with Crippen LogP contribution in [0.2, 0.25) is 0 Å². The van der Waals surface area contributed by atoms with E-state index in [9.17, 15) is 4.79 Å². The van der Waals surface area contributed by atoms with Crippen molar-refractivity contribution >= 4 is 11.9 Å². The van der Waals surface area contributed by atoms with Gasteiger partial charge in [-0.3, -0.25) is 4.79 Å². The second-order valence-electron chi connectivity index (χ2n) is 2.16. The highest BCUT2D eigenvalue weighted by molar-refractivity contribution is 5.92. The molecule has 12 heavy (non-hydrogen) atoms. The summed E-state index contributed by atoms with van der Waals surface area (Å²) in [5.74, 6) is -0.120. The molecule has 1 amide bonds. The molecule has 1 heterocycles. The van der Waals surface area contributed by atoms with Gasteiger partial charge in [-0.25, -0.2) is 9.97 Å². The minimum Gasteiger partial charge on any atom is -0.368 e. The molecule has 0 saturated heterocycles. The molecule has 0 aliphatic carbocycles. The highest BCUT2D eigenvalue weighted by atomic mass is 16.1. The number of nitrogens with zero attached hydrogens (tertiary/aromatic N) is 2. The summed E-state index contributed by atoms with van der Waals surface area (Å²) >= 11 is 0. The Kier molecular flexibility index (Phi) is 2.57. The highest BCUT2D eigenvalue weighted by Crippen LogP contribution is 1.95. The predicted molar refractivity (Wildman–Crippen MR) is 44.5 cm³/mol. The number of nitrogens with two attached hydrogens (primary N) is 1. The van der Waals surface area contributed by atoms with Crippen LogP contribution in [0.3, 0.4) is 0 Å². The van der Waals surface area contributed by atoms with E-state index in [0.717, 1.165) is 0 Å². The Bertz CT molecular complexity index is 286. The lowest BCUT2D eigenvalue weighted by molar-refractivity contribution is 0.0951. The topological polar surface area (TPSA) is 80.9 Å². The molecule has 3 N–H and O–H groups in total. The Balaban J connectivity index is 2.81. The maximum absolute atomic E-state index is 11.1. The van der Waals surface area contributed by atoms with Crippen molar-refractivity contribution in [1.82, 2.24) is 15.3 Å². The van der Waals surface area contributed by atoms with E-state index in [2.05, 4.69) is 15.3 Å². The molecular formula is C7H10N4O. The van der Waals surface area contributed by atoms with Gasteiger partial charge in [-0.2, -0.15) is 0 Å². The first-order chi connectivity index (χ1) is 5.74. The van der Waals surface area contributed by atoms with Gasteiger partial charge in [0, 0.05) is 12.7 Å². The molecule has 1 aromatic heterocycles. The van der Waals surface area contributed by atoms with Crippen molar-refractivity contribution in [2.75, 3.05) is 12.3 Å². The highest BCUT2D eigenvalue weighted by Gasteiger charge is 2.04. The lowest BCUT2D eigenvalue weighted by Crippen LogP contribution is -2.24. The molecule has 0 spiro atoms. The second kappa shape index (κ2) is 3.66. The SMILES string of the molecule is CCNC(=O)c1ccnc(N)n1. The molecule has 5 nitrogen and oxygen atoms in total. The number of rotatable bonds is 2. The van der Waals surface area contributed by atoms with Gasteiger partial charge in [0.05, 0.1) is 0 Å². The molecule has 5 heteroatoms. The summed E-state index contributed by atoms with van der Waals surface area (Å²) < 4.78 is 0. The fourth-order valence-corrected chi connectivity index (χ4v) is 0.751. The predicted octanol–water partition coefficient (Wildman–Crippen LogP) is -0.191. The van der Waals surface area contributed by atoms with Crippen molar-refractivity contribution in [3.8, 4) is 0 Å². The largest absolute Gasteiger partial charge is 0.368 e. The first-order valence-electron chi connectivity index (χ1n) is 3.60. The van der Waals surface area contributed by atoms with Gasteiger partial charge in [-0.1, -0.05) is 0 Å². The number of hydrogen-bond donors (Lipinski definition) is 2. The van der Waals surface area contributed by atoms with Crippen LogP contribution in [0.15, 0.2) is 12.3 Å². The molecule has 0 aliphatic rings. The van der Waals surface area contributed by atoms with Crippen LogP contribution < -0.4 is 11.1 Å². The summed E-state index contributed by atoms with van der Waals surface area (Å²) in [7, 11) is 0. The van der Waals surface area contributed by atoms with Crippen molar-refractivity contribution in [2.45, 2.75) is 6.92 Å². The van der Waals surface area contributed by atoms with Gasteiger partial charge in [-0.15, -0.1) is 0 Å². The number of anilines is 1. The number of amides is 1. The quantitative estimate of drug-likeness (QED) is 0.638. The fraction of sp³-hybridized carbons (Fsp3) is 0.286. The third-order valence-corrected chi connectivity index (χ3v) is 1.24. The molecule has 0 fully saturated rings. The van der Waals surface area contributed by atoms with Crippen molar-refractivity contribution < 1.29 is 4.79 Å². The van der Waals surface area contributed by atoms with Crippen LogP contribution in [0.1, 0.15) is 17.4 Å². The van der Waals surface area contributed by atoms with E-state index in [1.807, 2.05) is 6.92 Å². The van der Waals surface area contributed by atoms with Gasteiger partial charge in [0.2, 0.25) is 5.95 Å². The number of nitrogen functional groups attached to an aromatic ring is 1. The van der Waals surface area contributed by atoms with Gasteiger partial charge >= 0.3 is 0 Å². The molecule has 0 aromatic carbocycles. The summed E-state index contributed by atoms with van der Waals surface area (Å²) in [5, 5.41) is 2.60. The zero-order valence-corrected chi connectivity index (χ0v) is 6.74. The van der Waals surface area contributed by atoms with Crippen molar-refractivity contribution in [3.05, 3.63) is 18.0 Å². The number of carbonyl (C=O) groups is 1. The molecule has 0 atom stereocenters. The summed E-state index contributed by atoms with van der Waals surface area (Å²) in [4.78, 5) is 18.6. The molecule has 0 radical (unpaired) electrons. The first kappa shape index (κ1) is 8.45. The zero-order chi connectivity index (χ0) is 8.97. The molecule has 1 rings (SSSR count). The number of nitrogens with one attached hydrogen (secondary N) is 1. The Morgan fingerprint density at radius 1 is 1.75 bits per heavy atom. The summed E-state index contributed by atoms with van der Waals surface area (Å²) in [6.45, 7) is 2.41. The smallest absolute Gasteiger partial charge is 0.270 e. The molecule has 0 unspecified atom stereocenters. The number of hydrogen-bond acceptors (Lipinski definition) is 4. The van der Waals surface area contributed by atoms with Crippen LogP contribution in [0.5, 0.6) is 0 Å². The molecule has 64 valence electrons. The van der Waals surface area contributed by atoms with Crippen LogP contribution >= 0.6 is 0 Å². The normalized spacial score (nSPS) is 9.42. The standard InChI is InChI=1S/C7H10N4O/c1-2-9-6(12)5-3-4-10-7(8)11-5/h3-4H,2H2,1H3,(H,9,12)(H2,8,10,11). The molecule has 0 saturated carbocycles.